The van der Waals surface area contributed by atoms with E-state index in [-0.39, 0.29) is 40.1 Å². The molecule has 1 heterocycles. The van der Waals surface area contributed by atoms with Crippen LogP contribution in [0.25, 0.3) is 0 Å². The van der Waals surface area contributed by atoms with Crippen LogP contribution in [-0.2, 0) is 32.7 Å². The van der Waals surface area contributed by atoms with Crippen LogP contribution in [0.5, 0.6) is 0 Å². The van der Waals surface area contributed by atoms with Crippen molar-refractivity contribution in [3.63, 3.8) is 0 Å². The maximum Gasteiger partial charge on any atom is 3.00 e. The molecule has 0 bridgehead atoms. The molecule has 1 aromatic heterocycles. The first-order valence-corrected chi connectivity index (χ1v) is 1.77. The van der Waals surface area contributed by atoms with E-state index in [1.807, 2.05) is 6.92 Å². The van der Waals surface area contributed by atoms with Crippen molar-refractivity contribution in [2.24, 2.45) is 0 Å². The summed E-state index contributed by atoms with van der Waals surface area (Å²) < 4.78 is 0. The second-order valence-electron chi connectivity index (χ2n) is 1.14. The van der Waals surface area contributed by atoms with Crippen LogP contribution < -0.4 is 0 Å². The standard InChI is InChI=1S/C4H5N2.CH3.Y/c1-4-2-5-3-6-4;;/h3H,1H3,(H,5,6);1H3;/q2*-1;+3. The molecule has 0 spiro atoms. The summed E-state index contributed by atoms with van der Waals surface area (Å²) in [5, 5.41) is 0. The first-order valence-electron chi connectivity index (χ1n) is 1.77. The van der Waals surface area contributed by atoms with E-state index in [9.17, 15) is 0 Å². The zero-order valence-corrected chi connectivity index (χ0v) is 7.94. The molecule has 8 heavy (non-hydrogen) atoms. The molecule has 0 aliphatic rings. The van der Waals surface area contributed by atoms with Gasteiger partial charge in [-0.25, -0.2) is 0 Å². The van der Waals surface area contributed by atoms with Gasteiger partial charge in [0.2, 0.25) is 0 Å². The quantitative estimate of drug-likeness (QED) is 0.599. The molecule has 0 unspecified atom stereocenters. The summed E-state index contributed by atoms with van der Waals surface area (Å²) in [4.78, 5) is 6.47. The third-order valence-electron chi connectivity index (χ3n) is 0.578. The summed E-state index contributed by atoms with van der Waals surface area (Å²) in [5.74, 6) is 0. The largest absolute Gasteiger partial charge is 3.00 e. The third-order valence-corrected chi connectivity index (χ3v) is 0.578. The Morgan fingerprint density at radius 3 is 2.50 bits per heavy atom. The summed E-state index contributed by atoms with van der Waals surface area (Å²) in [6.07, 6.45) is 4.30. The Hall–Kier alpha value is 0.314. The number of aromatic nitrogens is 2. The molecular weight excluding hydrogens is 177 g/mol. The number of nitrogens with zero attached hydrogens (tertiary/aromatic N) is 1. The van der Waals surface area contributed by atoms with Gasteiger partial charge in [-0.15, -0.1) is 6.20 Å². The van der Waals surface area contributed by atoms with Gasteiger partial charge in [0.05, 0.1) is 0 Å². The zero-order valence-electron chi connectivity index (χ0n) is 5.10. The maximum atomic E-state index is 3.64. The van der Waals surface area contributed by atoms with Gasteiger partial charge in [0, 0.05) is 0 Å². The molecule has 2 nitrogen and oxygen atoms in total. The Bertz CT molecular complexity index is 114. The van der Waals surface area contributed by atoms with Gasteiger partial charge in [-0.1, -0.05) is 12.0 Å². The van der Waals surface area contributed by atoms with Crippen molar-refractivity contribution in [3.8, 4) is 0 Å². The normalized spacial score (nSPS) is 6.62. The van der Waals surface area contributed by atoms with Crippen LogP contribution in [0.3, 0.4) is 0 Å². The molecule has 0 amide bonds. The average molecular weight is 185 g/mol. The summed E-state index contributed by atoms with van der Waals surface area (Å²) in [6.45, 7) is 1.91. The van der Waals surface area contributed by atoms with Crippen molar-refractivity contribution in [1.82, 2.24) is 9.97 Å². The van der Waals surface area contributed by atoms with Crippen molar-refractivity contribution in [2.45, 2.75) is 6.92 Å². The van der Waals surface area contributed by atoms with Gasteiger partial charge in [-0.3, -0.25) is 0 Å². The third kappa shape index (κ3) is 3.33. The Balaban J connectivity index is 0. The molecule has 0 radical (unpaired) electrons. The zero-order chi connectivity index (χ0) is 4.41. The van der Waals surface area contributed by atoms with E-state index >= 15 is 0 Å². The molecule has 0 aromatic carbocycles. The van der Waals surface area contributed by atoms with Crippen molar-refractivity contribution in [2.75, 3.05) is 0 Å². The number of rotatable bonds is 0. The van der Waals surface area contributed by atoms with Gasteiger partial charge in [0.15, 0.2) is 0 Å². The van der Waals surface area contributed by atoms with Crippen molar-refractivity contribution in [3.05, 3.63) is 25.6 Å². The molecule has 0 aliphatic carbocycles. The summed E-state index contributed by atoms with van der Waals surface area (Å²) >= 11 is 0. The fraction of sp³-hybridized carbons (Fsp3) is 0.200. The van der Waals surface area contributed by atoms with Crippen molar-refractivity contribution in [1.29, 1.82) is 0 Å². The molecule has 1 N–H and O–H groups in total. The monoisotopic (exact) mass is 185 g/mol. The Kier molecular flexibility index (Phi) is 7.60. The number of imidazole rings is 1. The van der Waals surface area contributed by atoms with Crippen LogP contribution in [0.1, 0.15) is 5.69 Å². The second-order valence-corrected chi connectivity index (χ2v) is 1.14. The molecular formula is C5H8N2Y+. The van der Waals surface area contributed by atoms with E-state index in [0.717, 1.165) is 5.69 Å². The molecule has 3 heteroatoms. The summed E-state index contributed by atoms with van der Waals surface area (Å²) in [6, 6.07) is 0. The Morgan fingerprint density at radius 1 is 1.75 bits per heavy atom. The number of aryl methyl sites for hydroxylation is 1. The minimum absolute atomic E-state index is 0. The van der Waals surface area contributed by atoms with Gasteiger partial charge >= 0.3 is 32.7 Å². The first kappa shape index (κ1) is 11.2. The minimum Gasteiger partial charge on any atom is -0.442 e. The number of hydrogen-bond acceptors (Lipinski definition) is 1. The van der Waals surface area contributed by atoms with Gasteiger partial charge in [-0.05, 0) is 6.92 Å². The molecule has 0 aliphatic heterocycles. The first-order chi connectivity index (χ1) is 2.89. The van der Waals surface area contributed by atoms with E-state index < -0.39 is 0 Å². The second kappa shape index (κ2) is 5.45. The van der Waals surface area contributed by atoms with Crippen LogP contribution in [0.4, 0.5) is 0 Å². The van der Waals surface area contributed by atoms with Crippen LogP contribution >= 0.6 is 0 Å². The van der Waals surface area contributed by atoms with Gasteiger partial charge in [0.1, 0.15) is 0 Å². The number of aromatic amines is 1. The molecule has 0 saturated carbocycles. The van der Waals surface area contributed by atoms with Crippen molar-refractivity contribution < 1.29 is 32.7 Å². The van der Waals surface area contributed by atoms with E-state index in [0.29, 0.717) is 0 Å². The predicted molar refractivity (Wildman–Crippen MR) is 28.6 cm³/mol. The van der Waals surface area contributed by atoms with Crippen LogP contribution in [0.15, 0.2) is 6.33 Å². The van der Waals surface area contributed by atoms with E-state index in [1.54, 1.807) is 6.33 Å². The van der Waals surface area contributed by atoms with Crippen LogP contribution in [0.2, 0.25) is 0 Å². The van der Waals surface area contributed by atoms with Crippen molar-refractivity contribution >= 4 is 0 Å². The molecule has 1 aromatic rings. The number of hydrogen-bond donors (Lipinski definition) is 1. The molecule has 40 valence electrons. The average Bonchev–Trinajstić information content (AvgIpc) is 1.86. The van der Waals surface area contributed by atoms with Crippen LogP contribution in [0, 0.1) is 20.5 Å². The van der Waals surface area contributed by atoms with Gasteiger partial charge in [-0.2, -0.15) is 0 Å². The fourth-order valence-corrected chi connectivity index (χ4v) is 0.290. The predicted octanol–water partition coefficient (Wildman–Crippen LogP) is 0.966. The van der Waals surface area contributed by atoms with Gasteiger partial charge < -0.3 is 17.4 Å². The molecule has 0 atom stereocenters. The fourth-order valence-electron chi connectivity index (χ4n) is 0.290. The van der Waals surface area contributed by atoms with E-state index in [2.05, 4.69) is 16.2 Å². The van der Waals surface area contributed by atoms with E-state index in [4.69, 9.17) is 0 Å². The van der Waals surface area contributed by atoms with E-state index in [1.165, 1.54) is 0 Å². The smallest absolute Gasteiger partial charge is 0.442 e. The summed E-state index contributed by atoms with van der Waals surface area (Å²) in [7, 11) is 0. The molecule has 0 fully saturated rings. The topological polar surface area (TPSA) is 28.7 Å². The SMILES string of the molecule is Cc1[c-]nc[nH]1.[CH3-].[Y+3]. The maximum absolute atomic E-state index is 3.64. The summed E-state index contributed by atoms with van der Waals surface area (Å²) in [5.41, 5.74) is 0.981. The number of nitrogens with one attached hydrogen (secondary N) is 1. The Morgan fingerprint density at radius 2 is 2.38 bits per heavy atom. The molecule has 1 rings (SSSR count). The Labute approximate surface area is 75.0 Å². The molecule has 0 saturated heterocycles. The number of H-pyrrole nitrogens is 1. The van der Waals surface area contributed by atoms with Crippen LogP contribution in [-0.4, -0.2) is 9.97 Å². The van der Waals surface area contributed by atoms with Gasteiger partial charge in [0.25, 0.3) is 0 Å². The minimum atomic E-state index is 0.